The van der Waals surface area contributed by atoms with Crippen LogP contribution < -0.4 is 21.1 Å². The van der Waals surface area contributed by atoms with Gasteiger partial charge in [-0.3, -0.25) is 0 Å². The number of hydrogen-bond acceptors (Lipinski definition) is 3. The Morgan fingerprint density at radius 2 is 2.00 bits per heavy atom. The van der Waals surface area contributed by atoms with E-state index >= 15 is 0 Å². The van der Waals surface area contributed by atoms with E-state index in [-0.39, 0.29) is 48.0 Å². The number of carbonyl (C=O) groups is 1. The molecule has 1 heterocycles. The van der Waals surface area contributed by atoms with Gasteiger partial charge < -0.3 is 26.0 Å². The predicted octanol–water partition coefficient (Wildman–Crippen LogP) is 2.31. The normalized spacial score (nSPS) is 16.3. The average Bonchev–Trinajstić information content (AvgIpc) is 2.62. The van der Waals surface area contributed by atoms with Crippen molar-refractivity contribution in [3.63, 3.8) is 0 Å². The van der Waals surface area contributed by atoms with Crippen LogP contribution in [0.3, 0.4) is 0 Å². The van der Waals surface area contributed by atoms with Crippen LogP contribution in [0.1, 0.15) is 26.7 Å². The molecule has 1 atom stereocenters. The summed E-state index contributed by atoms with van der Waals surface area (Å²) in [4.78, 5) is 17.4. The number of hydrogen-bond donors (Lipinski definition) is 3. The zero-order chi connectivity index (χ0) is 18.9. The molecule has 1 aliphatic rings. The second-order valence-electron chi connectivity index (χ2n) is 6.35. The van der Waals surface area contributed by atoms with Crippen LogP contribution in [0.25, 0.3) is 0 Å². The van der Waals surface area contributed by atoms with Crippen molar-refractivity contribution < 1.29 is 13.9 Å². The Morgan fingerprint density at radius 3 is 2.56 bits per heavy atom. The molecule has 0 radical (unpaired) electrons. The van der Waals surface area contributed by atoms with E-state index in [1.807, 2.05) is 13.8 Å². The summed E-state index contributed by atoms with van der Waals surface area (Å²) >= 11 is 0. The molecule has 1 unspecified atom stereocenters. The van der Waals surface area contributed by atoms with E-state index in [1.54, 1.807) is 17.0 Å². The molecule has 27 heavy (non-hydrogen) atoms. The lowest BCUT2D eigenvalue weighted by Gasteiger charge is -2.32. The van der Waals surface area contributed by atoms with Gasteiger partial charge in [-0.15, -0.1) is 24.0 Å². The lowest BCUT2D eigenvalue weighted by molar-refractivity contribution is 0.188. The van der Waals surface area contributed by atoms with Crippen molar-refractivity contribution in [2.45, 2.75) is 38.8 Å². The van der Waals surface area contributed by atoms with Crippen LogP contribution >= 0.6 is 24.0 Å². The van der Waals surface area contributed by atoms with Crippen LogP contribution in [0.2, 0.25) is 0 Å². The SMILES string of the molecule is CCNC(=NCC(C)Oc1ccc(F)cc1)NC1CCN(C(N)=O)CC1.I. The number of carbonyl (C=O) groups excluding carboxylic acids is 1. The van der Waals surface area contributed by atoms with Gasteiger partial charge in [0.05, 0.1) is 6.54 Å². The molecule has 7 nitrogen and oxygen atoms in total. The van der Waals surface area contributed by atoms with Crippen molar-refractivity contribution in [1.82, 2.24) is 15.5 Å². The van der Waals surface area contributed by atoms with Crippen molar-refractivity contribution in [3.8, 4) is 5.75 Å². The van der Waals surface area contributed by atoms with Gasteiger partial charge in [-0.1, -0.05) is 0 Å². The molecular formula is C18H29FIN5O2. The Balaban J connectivity index is 0.00000364. The lowest BCUT2D eigenvalue weighted by Crippen LogP contribution is -2.50. The second-order valence-corrected chi connectivity index (χ2v) is 6.35. The molecule has 1 aliphatic heterocycles. The smallest absolute Gasteiger partial charge is 0.314 e. The highest BCUT2D eigenvalue weighted by molar-refractivity contribution is 14.0. The summed E-state index contributed by atoms with van der Waals surface area (Å²) in [6, 6.07) is 5.83. The van der Waals surface area contributed by atoms with Crippen molar-refractivity contribution in [3.05, 3.63) is 30.1 Å². The Kier molecular flexibility index (Phi) is 10.2. The number of guanidine groups is 1. The number of primary amides is 1. The first-order valence-electron chi connectivity index (χ1n) is 8.99. The Morgan fingerprint density at radius 1 is 1.37 bits per heavy atom. The highest BCUT2D eigenvalue weighted by Gasteiger charge is 2.21. The van der Waals surface area contributed by atoms with Gasteiger partial charge in [0, 0.05) is 25.7 Å². The molecule has 0 aliphatic carbocycles. The molecule has 4 N–H and O–H groups in total. The Labute approximate surface area is 176 Å². The fraction of sp³-hybridized carbons (Fsp3) is 0.556. The van der Waals surface area contributed by atoms with E-state index in [0.717, 1.165) is 25.3 Å². The molecule has 2 rings (SSSR count). The van der Waals surface area contributed by atoms with Gasteiger partial charge in [0.25, 0.3) is 0 Å². The highest BCUT2D eigenvalue weighted by atomic mass is 127. The molecule has 0 bridgehead atoms. The summed E-state index contributed by atoms with van der Waals surface area (Å²) in [5.41, 5.74) is 5.31. The van der Waals surface area contributed by atoms with Gasteiger partial charge in [-0.25, -0.2) is 14.2 Å². The highest BCUT2D eigenvalue weighted by Crippen LogP contribution is 2.13. The van der Waals surface area contributed by atoms with Crippen LogP contribution in [0.4, 0.5) is 9.18 Å². The predicted molar refractivity (Wildman–Crippen MR) is 115 cm³/mol. The summed E-state index contributed by atoms with van der Waals surface area (Å²) in [7, 11) is 0. The van der Waals surface area contributed by atoms with Gasteiger partial charge in [0.2, 0.25) is 0 Å². The van der Waals surface area contributed by atoms with E-state index in [1.165, 1.54) is 12.1 Å². The van der Waals surface area contributed by atoms with Crippen molar-refractivity contribution in [2.75, 3.05) is 26.2 Å². The van der Waals surface area contributed by atoms with Crippen LogP contribution in [-0.4, -0.2) is 55.2 Å². The van der Waals surface area contributed by atoms with E-state index < -0.39 is 0 Å². The first-order valence-corrected chi connectivity index (χ1v) is 8.99. The van der Waals surface area contributed by atoms with Crippen LogP contribution in [0, 0.1) is 5.82 Å². The van der Waals surface area contributed by atoms with Crippen molar-refractivity contribution in [2.24, 2.45) is 10.7 Å². The van der Waals surface area contributed by atoms with Crippen LogP contribution in [0.15, 0.2) is 29.3 Å². The molecule has 2 amide bonds. The number of nitrogens with zero attached hydrogens (tertiary/aromatic N) is 2. The minimum Gasteiger partial charge on any atom is -0.489 e. The van der Waals surface area contributed by atoms with Gasteiger partial charge in [-0.05, 0) is 51.0 Å². The fourth-order valence-corrected chi connectivity index (χ4v) is 2.76. The quantitative estimate of drug-likeness (QED) is 0.322. The molecule has 1 aromatic carbocycles. The van der Waals surface area contributed by atoms with E-state index in [0.29, 0.717) is 25.4 Å². The second kappa shape index (κ2) is 11.8. The number of rotatable bonds is 6. The zero-order valence-corrected chi connectivity index (χ0v) is 18.1. The molecule has 0 spiro atoms. The van der Waals surface area contributed by atoms with E-state index in [4.69, 9.17) is 10.5 Å². The minimum absolute atomic E-state index is 0. The zero-order valence-electron chi connectivity index (χ0n) is 15.8. The van der Waals surface area contributed by atoms with Gasteiger partial charge in [-0.2, -0.15) is 0 Å². The molecule has 0 saturated carbocycles. The molecule has 0 aromatic heterocycles. The number of likely N-dealkylation sites (tertiary alicyclic amines) is 1. The van der Waals surface area contributed by atoms with Crippen LogP contribution in [0.5, 0.6) is 5.75 Å². The third-order valence-electron chi connectivity index (χ3n) is 4.15. The van der Waals surface area contributed by atoms with Gasteiger partial charge >= 0.3 is 6.03 Å². The number of halogens is 2. The Bertz CT molecular complexity index is 606. The third kappa shape index (κ3) is 8.19. The summed E-state index contributed by atoms with van der Waals surface area (Å²) in [5, 5.41) is 6.62. The number of piperidine rings is 1. The molecule has 1 fully saturated rings. The number of urea groups is 1. The number of nitrogens with one attached hydrogen (secondary N) is 2. The maximum atomic E-state index is 12.9. The number of benzene rings is 1. The molecular weight excluding hydrogens is 464 g/mol. The summed E-state index contributed by atoms with van der Waals surface area (Å²) in [6.45, 7) is 6.44. The third-order valence-corrected chi connectivity index (χ3v) is 4.15. The molecule has 1 aromatic rings. The maximum Gasteiger partial charge on any atom is 0.314 e. The summed E-state index contributed by atoms with van der Waals surface area (Å²) in [5.74, 6) is 1.05. The molecule has 152 valence electrons. The summed E-state index contributed by atoms with van der Waals surface area (Å²) in [6.07, 6.45) is 1.51. The van der Waals surface area contributed by atoms with Crippen LogP contribution in [-0.2, 0) is 0 Å². The van der Waals surface area contributed by atoms with Gasteiger partial charge in [0.1, 0.15) is 17.7 Å². The maximum absolute atomic E-state index is 12.9. The number of amides is 2. The first-order chi connectivity index (χ1) is 12.5. The van der Waals surface area contributed by atoms with E-state index in [9.17, 15) is 9.18 Å². The average molecular weight is 493 g/mol. The standard InChI is InChI=1S/C18H28FN5O2.HI/c1-3-21-18(23-15-8-10-24(11-9-15)17(20)25)22-12-13(2)26-16-6-4-14(19)5-7-16;/h4-7,13,15H,3,8-12H2,1-2H3,(H2,20,25)(H2,21,22,23);1H. The lowest BCUT2D eigenvalue weighted by atomic mass is 10.1. The minimum atomic E-state index is -0.365. The number of aliphatic imine (C=N–C) groups is 1. The monoisotopic (exact) mass is 493 g/mol. The molecule has 1 saturated heterocycles. The summed E-state index contributed by atoms with van der Waals surface area (Å²) < 4.78 is 18.7. The largest absolute Gasteiger partial charge is 0.489 e. The van der Waals surface area contributed by atoms with Crippen molar-refractivity contribution >= 4 is 36.0 Å². The molecule has 9 heteroatoms. The van der Waals surface area contributed by atoms with E-state index in [2.05, 4.69) is 15.6 Å². The number of ether oxygens (including phenoxy) is 1. The fourth-order valence-electron chi connectivity index (χ4n) is 2.76. The first kappa shape index (κ1) is 23.3. The topological polar surface area (TPSA) is 92.0 Å². The van der Waals surface area contributed by atoms with Crippen molar-refractivity contribution in [1.29, 1.82) is 0 Å². The Hall–Kier alpha value is -1.78. The number of nitrogens with two attached hydrogens (primary N) is 1. The van der Waals surface area contributed by atoms with Gasteiger partial charge in [0.15, 0.2) is 5.96 Å².